The monoisotopic (exact) mass is 231 g/mol. The quantitative estimate of drug-likeness (QED) is 0.835. The minimum absolute atomic E-state index is 0.411. The second-order valence-electron chi connectivity index (χ2n) is 5.79. The van der Waals surface area contributed by atoms with Crippen LogP contribution in [0.5, 0.6) is 0 Å². The Hall–Kier alpha value is -0.820. The maximum Gasteiger partial charge on any atom is 0.00830 e. The first kappa shape index (κ1) is 12.6. The van der Waals surface area contributed by atoms with Crippen LogP contribution in [0.2, 0.25) is 0 Å². The fraction of sp³-hybridized carbons (Fsp3) is 0.625. The maximum absolute atomic E-state index is 3.39. The van der Waals surface area contributed by atoms with Gasteiger partial charge in [-0.3, -0.25) is 0 Å². The molecular weight excluding hydrogens is 206 g/mol. The third kappa shape index (κ3) is 2.26. The Balaban J connectivity index is 2.25. The predicted molar refractivity (Wildman–Crippen MR) is 74.5 cm³/mol. The summed E-state index contributed by atoms with van der Waals surface area (Å²) in [5, 5.41) is 3.39. The van der Waals surface area contributed by atoms with E-state index in [4.69, 9.17) is 0 Å². The highest BCUT2D eigenvalue weighted by atomic mass is 14.8. The van der Waals surface area contributed by atoms with Crippen LogP contribution in [-0.4, -0.2) is 13.6 Å². The van der Waals surface area contributed by atoms with Gasteiger partial charge in [0.25, 0.3) is 0 Å². The number of hydrogen-bond donors (Lipinski definition) is 1. The highest BCUT2D eigenvalue weighted by Crippen LogP contribution is 2.48. The van der Waals surface area contributed by atoms with Crippen LogP contribution in [0, 0.1) is 19.8 Å². The van der Waals surface area contributed by atoms with Crippen LogP contribution in [0.1, 0.15) is 42.9 Å². The van der Waals surface area contributed by atoms with Crippen LogP contribution in [-0.2, 0) is 5.41 Å². The summed E-state index contributed by atoms with van der Waals surface area (Å²) in [6.07, 6.45) is 4.04. The summed E-state index contributed by atoms with van der Waals surface area (Å²) in [6, 6.07) is 7.02. The first-order valence-electron chi connectivity index (χ1n) is 6.83. The van der Waals surface area contributed by atoms with E-state index in [1.165, 1.54) is 30.4 Å². The molecule has 1 aliphatic rings. The van der Waals surface area contributed by atoms with Crippen LogP contribution in [0.3, 0.4) is 0 Å². The van der Waals surface area contributed by atoms with E-state index in [1.54, 1.807) is 5.56 Å². The van der Waals surface area contributed by atoms with E-state index in [1.807, 2.05) is 0 Å². The van der Waals surface area contributed by atoms with Gasteiger partial charge in [0.2, 0.25) is 0 Å². The van der Waals surface area contributed by atoms with Gasteiger partial charge >= 0.3 is 0 Å². The van der Waals surface area contributed by atoms with Crippen LogP contribution >= 0.6 is 0 Å². The summed E-state index contributed by atoms with van der Waals surface area (Å²) in [5.41, 5.74) is 4.78. The smallest absolute Gasteiger partial charge is 0.00830 e. The SMILES string of the molecule is CCC1CC(CNC)(c2ccc(C)c(C)c2)C1. The fourth-order valence-corrected chi connectivity index (χ4v) is 3.23. The van der Waals surface area contributed by atoms with Crippen molar-refractivity contribution in [3.63, 3.8) is 0 Å². The van der Waals surface area contributed by atoms with Crippen LogP contribution in [0.4, 0.5) is 0 Å². The Kier molecular flexibility index (Phi) is 3.58. The van der Waals surface area contributed by atoms with E-state index in [0.717, 1.165) is 12.5 Å². The van der Waals surface area contributed by atoms with Gasteiger partial charge in [-0.25, -0.2) is 0 Å². The molecule has 1 fully saturated rings. The minimum atomic E-state index is 0.411. The first-order valence-corrected chi connectivity index (χ1v) is 6.83. The topological polar surface area (TPSA) is 12.0 Å². The second kappa shape index (κ2) is 4.81. The number of rotatable bonds is 4. The Morgan fingerprint density at radius 2 is 1.94 bits per heavy atom. The third-order valence-corrected chi connectivity index (χ3v) is 4.57. The molecule has 0 heterocycles. The maximum atomic E-state index is 3.39. The molecule has 1 saturated carbocycles. The molecule has 1 aliphatic carbocycles. The average Bonchev–Trinajstić information content (AvgIpc) is 2.27. The van der Waals surface area contributed by atoms with Crippen molar-refractivity contribution in [2.24, 2.45) is 5.92 Å². The second-order valence-corrected chi connectivity index (χ2v) is 5.79. The van der Waals surface area contributed by atoms with Crippen molar-refractivity contribution < 1.29 is 0 Å². The van der Waals surface area contributed by atoms with Crippen LogP contribution < -0.4 is 5.32 Å². The molecule has 0 unspecified atom stereocenters. The van der Waals surface area contributed by atoms with Crippen molar-refractivity contribution in [3.8, 4) is 0 Å². The standard InChI is InChI=1S/C16H25N/c1-5-14-9-16(10-14,11-17-4)15-7-6-12(2)13(3)8-15/h6-8,14,17H,5,9-11H2,1-4H3. The van der Waals surface area contributed by atoms with E-state index in [2.05, 4.69) is 51.3 Å². The molecule has 0 atom stereocenters. The van der Waals surface area contributed by atoms with Gasteiger partial charge in [-0.15, -0.1) is 0 Å². The molecule has 1 nitrogen and oxygen atoms in total. The highest BCUT2D eigenvalue weighted by molar-refractivity contribution is 5.37. The first-order chi connectivity index (χ1) is 8.11. The van der Waals surface area contributed by atoms with E-state index in [0.29, 0.717) is 5.41 Å². The lowest BCUT2D eigenvalue weighted by atomic mass is 9.57. The van der Waals surface area contributed by atoms with Crippen molar-refractivity contribution in [2.45, 2.75) is 45.4 Å². The molecule has 1 aromatic rings. The van der Waals surface area contributed by atoms with Crippen molar-refractivity contribution in [1.82, 2.24) is 5.32 Å². The number of benzene rings is 1. The average molecular weight is 231 g/mol. The van der Waals surface area contributed by atoms with Crippen molar-refractivity contribution >= 4 is 0 Å². The van der Waals surface area contributed by atoms with E-state index < -0.39 is 0 Å². The minimum Gasteiger partial charge on any atom is -0.319 e. The third-order valence-electron chi connectivity index (χ3n) is 4.57. The summed E-state index contributed by atoms with van der Waals surface area (Å²) < 4.78 is 0. The molecule has 0 aromatic heterocycles. The molecule has 0 saturated heterocycles. The molecule has 17 heavy (non-hydrogen) atoms. The molecule has 2 rings (SSSR count). The summed E-state index contributed by atoms with van der Waals surface area (Å²) in [6.45, 7) is 7.85. The normalized spacial score (nSPS) is 27.9. The molecule has 1 N–H and O–H groups in total. The molecule has 0 aliphatic heterocycles. The van der Waals surface area contributed by atoms with Crippen LogP contribution in [0.25, 0.3) is 0 Å². The molecule has 0 spiro atoms. The lowest BCUT2D eigenvalue weighted by Gasteiger charge is -2.48. The van der Waals surface area contributed by atoms with Gasteiger partial charge < -0.3 is 5.32 Å². The lowest BCUT2D eigenvalue weighted by molar-refractivity contribution is 0.136. The Bertz CT molecular complexity index is 389. The largest absolute Gasteiger partial charge is 0.319 e. The molecule has 94 valence electrons. The van der Waals surface area contributed by atoms with Crippen molar-refractivity contribution in [1.29, 1.82) is 0 Å². The Labute approximate surface area is 106 Å². The Morgan fingerprint density at radius 1 is 1.24 bits per heavy atom. The fourth-order valence-electron chi connectivity index (χ4n) is 3.23. The van der Waals surface area contributed by atoms with Crippen molar-refractivity contribution in [3.05, 3.63) is 34.9 Å². The van der Waals surface area contributed by atoms with Crippen LogP contribution in [0.15, 0.2) is 18.2 Å². The molecule has 0 radical (unpaired) electrons. The molecule has 0 amide bonds. The number of hydrogen-bond acceptors (Lipinski definition) is 1. The Morgan fingerprint density at radius 3 is 2.47 bits per heavy atom. The molecular formula is C16H25N. The van der Waals surface area contributed by atoms with Gasteiger partial charge in [-0.05, 0) is 56.3 Å². The predicted octanol–water partition coefficient (Wildman–Crippen LogP) is 3.58. The van der Waals surface area contributed by atoms with Gasteiger partial charge in [0, 0.05) is 12.0 Å². The zero-order chi connectivity index (χ0) is 12.5. The van der Waals surface area contributed by atoms with Gasteiger partial charge in [0.1, 0.15) is 0 Å². The van der Waals surface area contributed by atoms with Gasteiger partial charge in [-0.2, -0.15) is 0 Å². The molecule has 0 bridgehead atoms. The van der Waals surface area contributed by atoms with E-state index in [9.17, 15) is 0 Å². The number of likely N-dealkylation sites (N-methyl/N-ethyl adjacent to an activating group) is 1. The summed E-state index contributed by atoms with van der Waals surface area (Å²) in [4.78, 5) is 0. The van der Waals surface area contributed by atoms with E-state index in [-0.39, 0.29) is 0 Å². The highest BCUT2D eigenvalue weighted by Gasteiger charge is 2.43. The lowest BCUT2D eigenvalue weighted by Crippen LogP contribution is -2.47. The van der Waals surface area contributed by atoms with Crippen molar-refractivity contribution in [2.75, 3.05) is 13.6 Å². The van der Waals surface area contributed by atoms with Gasteiger partial charge in [0.15, 0.2) is 0 Å². The number of aryl methyl sites for hydroxylation is 2. The number of nitrogens with one attached hydrogen (secondary N) is 1. The molecule has 1 heteroatoms. The summed E-state index contributed by atoms with van der Waals surface area (Å²) in [5.74, 6) is 0.935. The molecule has 1 aromatic carbocycles. The van der Waals surface area contributed by atoms with Gasteiger partial charge in [0.05, 0.1) is 0 Å². The summed E-state index contributed by atoms with van der Waals surface area (Å²) >= 11 is 0. The summed E-state index contributed by atoms with van der Waals surface area (Å²) in [7, 11) is 2.07. The van der Waals surface area contributed by atoms with Gasteiger partial charge in [-0.1, -0.05) is 31.5 Å². The zero-order valence-corrected chi connectivity index (χ0v) is 11.6. The van der Waals surface area contributed by atoms with E-state index >= 15 is 0 Å². The zero-order valence-electron chi connectivity index (χ0n) is 11.6.